The quantitative estimate of drug-likeness (QED) is 0.628. The van der Waals surface area contributed by atoms with Crippen molar-refractivity contribution in [1.29, 1.82) is 0 Å². The number of rotatable bonds is 5. The van der Waals surface area contributed by atoms with Gasteiger partial charge in [-0.15, -0.1) is 0 Å². The van der Waals surface area contributed by atoms with Crippen molar-refractivity contribution in [2.24, 2.45) is 0 Å². The summed E-state index contributed by atoms with van der Waals surface area (Å²) in [5.74, 6) is -1.60. The second-order valence-electron chi connectivity index (χ2n) is 6.38. The monoisotopic (exact) mass is 367 g/mol. The van der Waals surface area contributed by atoms with Gasteiger partial charge in [0.15, 0.2) is 11.6 Å². The molecular formula is C21H19F2N3O. The van der Waals surface area contributed by atoms with Crippen molar-refractivity contribution in [2.45, 2.75) is 19.8 Å². The Bertz CT molecular complexity index is 956. The van der Waals surface area contributed by atoms with Crippen LogP contribution in [0.25, 0.3) is 0 Å². The van der Waals surface area contributed by atoms with Crippen molar-refractivity contribution in [3.63, 3.8) is 0 Å². The first-order valence-corrected chi connectivity index (χ1v) is 8.52. The van der Waals surface area contributed by atoms with Gasteiger partial charge in [0.2, 0.25) is 0 Å². The lowest BCUT2D eigenvalue weighted by Gasteiger charge is -2.14. The molecular weight excluding hydrogens is 348 g/mol. The van der Waals surface area contributed by atoms with Crippen LogP contribution >= 0.6 is 0 Å². The number of benzene rings is 2. The third-order valence-electron chi connectivity index (χ3n) is 4.05. The molecule has 138 valence electrons. The molecule has 3 aromatic rings. The van der Waals surface area contributed by atoms with Crippen molar-refractivity contribution in [3.05, 3.63) is 83.6 Å². The van der Waals surface area contributed by atoms with Crippen LogP contribution in [0.1, 0.15) is 35.7 Å². The standard InChI is InChI=1S/C21H19F2N3O/c1-13(2)16-5-3-4-6-19(16)26-20-10-8-15(12-24-20)25-21(27)14-7-9-17(22)18(23)11-14/h3-13H,1-2H3,(H,24,26)(H,25,27). The van der Waals surface area contributed by atoms with Gasteiger partial charge in [-0.25, -0.2) is 13.8 Å². The molecule has 0 radical (unpaired) electrons. The minimum absolute atomic E-state index is 0.0296. The fourth-order valence-electron chi connectivity index (χ4n) is 2.63. The molecule has 0 unspecified atom stereocenters. The van der Waals surface area contributed by atoms with Crippen molar-refractivity contribution >= 4 is 23.1 Å². The average Bonchev–Trinajstić information content (AvgIpc) is 2.65. The molecule has 2 N–H and O–H groups in total. The first kappa shape index (κ1) is 18.5. The summed E-state index contributed by atoms with van der Waals surface area (Å²) in [4.78, 5) is 16.4. The van der Waals surface area contributed by atoms with Gasteiger partial charge in [-0.1, -0.05) is 32.0 Å². The molecule has 0 aliphatic carbocycles. The molecule has 0 spiro atoms. The molecule has 2 aromatic carbocycles. The number of amides is 1. The lowest BCUT2D eigenvalue weighted by Crippen LogP contribution is -2.12. The third kappa shape index (κ3) is 4.47. The van der Waals surface area contributed by atoms with E-state index in [-0.39, 0.29) is 5.56 Å². The number of halogens is 2. The second kappa shape index (κ2) is 7.95. The maximum Gasteiger partial charge on any atom is 0.255 e. The first-order chi connectivity index (χ1) is 12.9. The van der Waals surface area contributed by atoms with E-state index < -0.39 is 17.5 Å². The van der Waals surface area contributed by atoms with Gasteiger partial charge in [-0.3, -0.25) is 4.79 Å². The van der Waals surface area contributed by atoms with E-state index in [1.807, 2.05) is 18.2 Å². The zero-order chi connectivity index (χ0) is 19.4. The number of carbonyl (C=O) groups excluding carboxylic acids is 1. The van der Waals surface area contributed by atoms with Crippen LogP contribution in [-0.2, 0) is 0 Å². The van der Waals surface area contributed by atoms with Crippen LogP contribution in [0.2, 0.25) is 0 Å². The fraction of sp³-hybridized carbons (Fsp3) is 0.143. The number of hydrogen-bond donors (Lipinski definition) is 2. The Balaban J connectivity index is 1.70. The Morgan fingerprint density at radius 3 is 2.44 bits per heavy atom. The van der Waals surface area contributed by atoms with Gasteiger partial charge in [0, 0.05) is 11.3 Å². The molecule has 27 heavy (non-hydrogen) atoms. The van der Waals surface area contributed by atoms with Crippen molar-refractivity contribution < 1.29 is 13.6 Å². The van der Waals surface area contributed by atoms with Crippen molar-refractivity contribution in [2.75, 3.05) is 10.6 Å². The van der Waals surface area contributed by atoms with Gasteiger partial charge in [0.05, 0.1) is 11.9 Å². The molecule has 3 rings (SSSR count). The zero-order valence-corrected chi connectivity index (χ0v) is 15.0. The fourth-order valence-corrected chi connectivity index (χ4v) is 2.63. The number of hydrogen-bond acceptors (Lipinski definition) is 3. The van der Waals surface area contributed by atoms with E-state index in [1.165, 1.54) is 17.8 Å². The molecule has 0 fully saturated rings. The summed E-state index contributed by atoms with van der Waals surface area (Å²) in [6, 6.07) is 14.4. The summed E-state index contributed by atoms with van der Waals surface area (Å²) >= 11 is 0. The van der Waals surface area contributed by atoms with Crippen LogP contribution in [0.5, 0.6) is 0 Å². The van der Waals surface area contributed by atoms with Gasteiger partial charge >= 0.3 is 0 Å². The predicted molar refractivity (Wildman–Crippen MR) is 102 cm³/mol. The molecule has 4 nitrogen and oxygen atoms in total. The molecule has 1 amide bonds. The lowest BCUT2D eigenvalue weighted by molar-refractivity contribution is 0.102. The van der Waals surface area contributed by atoms with E-state index in [2.05, 4.69) is 35.5 Å². The van der Waals surface area contributed by atoms with Gasteiger partial charge in [-0.05, 0) is 47.9 Å². The number of aromatic nitrogens is 1. The van der Waals surface area contributed by atoms with Gasteiger partial charge in [-0.2, -0.15) is 0 Å². The largest absolute Gasteiger partial charge is 0.340 e. The summed E-state index contributed by atoms with van der Waals surface area (Å²) in [7, 11) is 0. The molecule has 1 aromatic heterocycles. The van der Waals surface area contributed by atoms with Crippen molar-refractivity contribution in [1.82, 2.24) is 4.98 Å². The molecule has 0 saturated carbocycles. The van der Waals surface area contributed by atoms with Crippen molar-refractivity contribution in [3.8, 4) is 0 Å². The number of nitrogens with one attached hydrogen (secondary N) is 2. The lowest BCUT2D eigenvalue weighted by atomic mass is 10.0. The van der Waals surface area contributed by atoms with E-state index in [0.717, 1.165) is 17.8 Å². The minimum atomic E-state index is -1.07. The molecule has 0 saturated heterocycles. The Labute approximate surface area is 156 Å². The van der Waals surface area contributed by atoms with E-state index in [1.54, 1.807) is 12.1 Å². The van der Waals surface area contributed by atoms with E-state index in [4.69, 9.17) is 0 Å². The van der Waals surface area contributed by atoms with Gasteiger partial charge in [0.1, 0.15) is 5.82 Å². The van der Waals surface area contributed by atoms with Gasteiger partial charge < -0.3 is 10.6 Å². The molecule has 6 heteroatoms. The maximum atomic E-state index is 13.3. The topological polar surface area (TPSA) is 54.0 Å². The number of para-hydroxylation sites is 1. The van der Waals surface area contributed by atoms with Crippen LogP contribution in [0.3, 0.4) is 0 Å². The highest BCUT2D eigenvalue weighted by molar-refractivity contribution is 6.04. The summed E-state index contributed by atoms with van der Waals surface area (Å²) in [5, 5.41) is 5.87. The van der Waals surface area contributed by atoms with Crippen LogP contribution < -0.4 is 10.6 Å². The van der Waals surface area contributed by atoms with Gasteiger partial charge in [0.25, 0.3) is 5.91 Å². The predicted octanol–water partition coefficient (Wildman–Crippen LogP) is 5.48. The number of anilines is 3. The normalized spacial score (nSPS) is 10.7. The van der Waals surface area contributed by atoms with Crippen LogP contribution in [0.4, 0.5) is 26.0 Å². The summed E-state index contributed by atoms with van der Waals surface area (Å²) < 4.78 is 26.2. The Kier molecular flexibility index (Phi) is 5.45. The Morgan fingerprint density at radius 1 is 1.00 bits per heavy atom. The SMILES string of the molecule is CC(C)c1ccccc1Nc1ccc(NC(=O)c2ccc(F)c(F)c2)cn1. The highest BCUT2D eigenvalue weighted by atomic mass is 19.2. The Morgan fingerprint density at radius 2 is 1.78 bits per heavy atom. The van der Waals surface area contributed by atoms with Crippen LogP contribution in [0, 0.1) is 11.6 Å². The van der Waals surface area contributed by atoms with E-state index in [9.17, 15) is 13.6 Å². The minimum Gasteiger partial charge on any atom is -0.340 e. The number of pyridine rings is 1. The molecule has 0 aliphatic heterocycles. The molecule has 0 aliphatic rings. The Hall–Kier alpha value is -3.28. The van der Waals surface area contributed by atoms with E-state index in [0.29, 0.717) is 17.4 Å². The van der Waals surface area contributed by atoms with E-state index >= 15 is 0 Å². The first-order valence-electron chi connectivity index (χ1n) is 8.52. The highest BCUT2D eigenvalue weighted by Crippen LogP contribution is 2.26. The summed E-state index contributed by atoms with van der Waals surface area (Å²) in [6.45, 7) is 4.23. The smallest absolute Gasteiger partial charge is 0.255 e. The number of carbonyl (C=O) groups is 1. The average molecular weight is 367 g/mol. The summed E-state index contributed by atoms with van der Waals surface area (Å²) in [5.41, 5.74) is 2.63. The third-order valence-corrected chi connectivity index (χ3v) is 4.05. The molecule has 1 heterocycles. The second-order valence-corrected chi connectivity index (χ2v) is 6.38. The van der Waals surface area contributed by atoms with Crippen LogP contribution in [0.15, 0.2) is 60.8 Å². The molecule has 0 bridgehead atoms. The van der Waals surface area contributed by atoms with Crippen LogP contribution in [-0.4, -0.2) is 10.9 Å². The maximum absolute atomic E-state index is 13.3. The highest BCUT2D eigenvalue weighted by Gasteiger charge is 2.11. The summed E-state index contributed by atoms with van der Waals surface area (Å²) in [6.07, 6.45) is 1.50. The molecule has 0 atom stereocenters. The number of nitrogens with zero attached hydrogens (tertiary/aromatic N) is 1. The zero-order valence-electron chi connectivity index (χ0n) is 15.0.